The number of aromatic nitrogens is 3. The molecule has 0 amide bonds. The van der Waals surface area contributed by atoms with E-state index in [9.17, 15) is 13.2 Å². The van der Waals surface area contributed by atoms with Crippen molar-refractivity contribution in [3.63, 3.8) is 0 Å². The molecule has 5 nitrogen and oxygen atoms in total. The Morgan fingerprint density at radius 1 is 0.976 bits per heavy atom. The molecule has 1 saturated carbocycles. The predicted molar refractivity (Wildman–Crippen MR) is 155 cm³/mol. The van der Waals surface area contributed by atoms with E-state index in [-0.39, 0.29) is 12.0 Å². The number of halogens is 5. The zero-order valence-corrected chi connectivity index (χ0v) is 24.0. The van der Waals surface area contributed by atoms with Gasteiger partial charge in [-0.05, 0) is 72.9 Å². The molecule has 212 valence electrons. The maximum atomic E-state index is 10.6. The van der Waals surface area contributed by atoms with Crippen LogP contribution in [0, 0.1) is 0 Å². The van der Waals surface area contributed by atoms with Crippen LogP contribution < -0.4 is 0 Å². The number of benzene rings is 3. The van der Waals surface area contributed by atoms with Crippen LogP contribution in [0.5, 0.6) is 0 Å². The Morgan fingerprint density at radius 3 is 2.05 bits per heavy atom. The summed E-state index contributed by atoms with van der Waals surface area (Å²) in [5.74, 6) is -0.990. The van der Waals surface area contributed by atoms with E-state index in [1.54, 1.807) is 11.3 Å². The molecule has 11 heteroatoms. The molecule has 0 spiro atoms. The molecular formula is C30H24Cl2F3N3O2S. The Kier molecular flexibility index (Phi) is 8.40. The average molecular weight is 619 g/mol. The zero-order valence-electron chi connectivity index (χ0n) is 21.6. The van der Waals surface area contributed by atoms with Crippen LogP contribution in [0.2, 0.25) is 10.0 Å². The minimum Gasteiger partial charge on any atom is -0.475 e. The maximum Gasteiger partial charge on any atom is 0.490 e. The molecule has 1 N–H and O–H groups in total. The third-order valence-electron chi connectivity index (χ3n) is 6.90. The normalized spacial score (nSPS) is 14.8. The number of nitrogens with zero attached hydrogens (tertiary/aromatic N) is 3. The molecule has 2 unspecified atom stereocenters. The number of hydrogen-bond donors (Lipinski definition) is 1. The largest absolute Gasteiger partial charge is 0.490 e. The second-order valence-electron chi connectivity index (χ2n) is 9.75. The van der Waals surface area contributed by atoms with E-state index in [0.717, 1.165) is 26.1 Å². The molecule has 0 aliphatic heterocycles. The van der Waals surface area contributed by atoms with Crippen LogP contribution in [0.4, 0.5) is 13.2 Å². The molecule has 5 aromatic rings. The van der Waals surface area contributed by atoms with Crippen molar-refractivity contribution >= 4 is 51.5 Å². The molecule has 1 aliphatic carbocycles. The van der Waals surface area contributed by atoms with E-state index < -0.39 is 12.1 Å². The summed E-state index contributed by atoms with van der Waals surface area (Å²) in [6.07, 6.45) is -0.800. The quantitative estimate of drug-likeness (QED) is 0.206. The van der Waals surface area contributed by atoms with E-state index in [0.29, 0.717) is 5.92 Å². The van der Waals surface area contributed by atoms with Gasteiger partial charge in [0.1, 0.15) is 10.8 Å². The molecule has 2 heterocycles. The molecule has 2 atom stereocenters. The van der Waals surface area contributed by atoms with Gasteiger partial charge in [0.25, 0.3) is 0 Å². The molecule has 6 rings (SSSR count). The zero-order chi connectivity index (χ0) is 29.3. The van der Waals surface area contributed by atoms with Crippen LogP contribution in [0.25, 0.3) is 11.0 Å². The van der Waals surface area contributed by atoms with Gasteiger partial charge >= 0.3 is 12.1 Å². The first-order valence-corrected chi connectivity index (χ1v) is 14.4. The number of thiazole rings is 1. The number of aliphatic carboxylic acids is 1. The summed E-state index contributed by atoms with van der Waals surface area (Å²) in [6, 6.07) is 23.1. The van der Waals surface area contributed by atoms with Crippen LogP contribution in [-0.4, -0.2) is 31.8 Å². The van der Waals surface area contributed by atoms with Crippen LogP contribution in [0.3, 0.4) is 0 Å². The minimum atomic E-state index is -5.08. The lowest BCUT2D eigenvalue weighted by atomic mass is 9.91. The lowest BCUT2D eigenvalue weighted by molar-refractivity contribution is -0.192. The van der Waals surface area contributed by atoms with Crippen molar-refractivity contribution in [3.8, 4) is 0 Å². The Bertz CT molecular complexity index is 1650. The van der Waals surface area contributed by atoms with E-state index in [2.05, 4.69) is 58.9 Å². The lowest BCUT2D eigenvalue weighted by Gasteiger charge is -2.20. The van der Waals surface area contributed by atoms with Crippen LogP contribution in [-0.2, 0) is 4.79 Å². The number of carboxylic acids is 1. The van der Waals surface area contributed by atoms with Gasteiger partial charge in [-0.1, -0.05) is 53.5 Å². The molecule has 2 aromatic heterocycles. The topological polar surface area (TPSA) is 68.0 Å². The fourth-order valence-electron chi connectivity index (χ4n) is 4.74. The number of rotatable bonds is 6. The van der Waals surface area contributed by atoms with Crippen molar-refractivity contribution < 1.29 is 23.1 Å². The third-order valence-corrected chi connectivity index (χ3v) is 8.24. The summed E-state index contributed by atoms with van der Waals surface area (Å²) < 4.78 is 34.2. The van der Waals surface area contributed by atoms with Crippen molar-refractivity contribution in [3.05, 3.63) is 116 Å². The van der Waals surface area contributed by atoms with Gasteiger partial charge in [-0.3, -0.25) is 0 Å². The van der Waals surface area contributed by atoms with Crippen LogP contribution >= 0.6 is 34.5 Å². The van der Waals surface area contributed by atoms with Gasteiger partial charge in [0, 0.05) is 27.5 Å². The first kappa shape index (κ1) is 29.1. The molecule has 1 aliphatic rings. The first-order chi connectivity index (χ1) is 19.5. The summed E-state index contributed by atoms with van der Waals surface area (Å²) in [7, 11) is 0. The Balaban J connectivity index is 0.000000431. The molecule has 41 heavy (non-hydrogen) atoms. The highest BCUT2D eigenvalue weighted by molar-refractivity contribution is 7.09. The van der Waals surface area contributed by atoms with Gasteiger partial charge in [-0.15, -0.1) is 11.3 Å². The lowest BCUT2D eigenvalue weighted by Crippen LogP contribution is -2.21. The summed E-state index contributed by atoms with van der Waals surface area (Å²) in [6.45, 7) is 2.25. The summed E-state index contributed by atoms with van der Waals surface area (Å²) >= 11 is 14.0. The summed E-state index contributed by atoms with van der Waals surface area (Å²) in [5, 5.41) is 11.7. The van der Waals surface area contributed by atoms with Crippen molar-refractivity contribution in [1.82, 2.24) is 14.5 Å². The number of imidazole rings is 1. The Morgan fingerprint density at radius 2 is 1.54 bits per heavy atom. The monoisotopic (exact) mass is 617 g/mol. The molecule has 0 saturated heterocycles. The Hall–Kier alpha value is -3.40. The van der Waals surface area contributed by atoms with Crippen molar-refractivity contribution in [2.24, 2.45) is 0 Å². The average Bonchev–Trinajstić information content (AvgIpc) is 3.51. The molecular weight excluding hydrogens is 594 g/mol. The smallest absolute Gasteiger partial charge is 0.475 e. The standard InChI is InChI=1S/C28H23Cl2N3S.C2HF3O2/c1-17(18-4-9-22(29)10-5-18)33-25-16-21(8-13-24(25)32-27(33)20-2-3-20)26(28-31-14-15-34-28)19-6-11-23(30)12-7-19;3-2(4,5)1(6)7/h4-17,20,26H,2-3H2,1H3;(H,6,7). The van der Waals surface area contributed by atoms with Gasteiger partial charge in [-0.2, -0.15) is 13.2 Å². The predicted octanol–water partition coefficient (Wildman–Crippen LogP) is 9.10. The fraction of sp³-hybridized carbons (Fsp3) is 0.233. The van der Waals surface area contributed by atoms with Gasteiger partial charge < -0.3 is 9.67 Å². The number of hydrogen-bond acceptors (Lipinski definition) is 4. The maximum absolute atomic E-state index is 10.6. The fourth-order valence-corrected chi connectivity index (χ4v) is 5.79. The Labute approximate surface area is 248 Å². The van der Waals surface area contributed by atoms with Gasteiger partial charge in [0.05, 0.1) is 23.0 Å². The van der Waals surface area contributed by atoms with E-state index in [4.69, 9.17) is 38.1 Å². The number of fused-ring (bicyclic) bond motifs is 1. The van der Waals surface area contributed by atoms with Crippen LogP contribution in [0.15, 0.2) is 78.3 Å². The first-order valence-electron chi connectivity index (χ1n) is 12.7. The summed E-state index contributed by atoms with van der Waals surface area (Å²) in [4.78, 5) is 18.7. The van der Waals surface area contributed by atoms with Gasteiger partial charge in [0.15, 0.2) is 0 Å². The van der Waals surface area contributed by atoms with E-state index in [1.165, 1.54) is 35.4 Å². The SMILES string of the molecule is CC(c1ccc(Cl)cc1)n1c(C2CC2)nc2ccc(C(c3ccc(Cl)cc3)c3nccs3)cc21.O=C(O)C(F)(F)F. The van der Waals surface area contributed by atoms with E-state index >= 15 is 0 Å². The molecule has 0 bridgehead atoms. The molecule has 0 radical (unpaired) electrons. The van der Waals surface area contributed by atoms with Gasteiger partial charge in [0.2, 0.25) is 0 Å². The number of carbonyl (C=O) groups is 1. The second kappa shape index (κ2) is 11.8. The van der Waals surface area contributed by atoms with Gasteiger partial charge in [-0.25, -0.2) is 14.8 Å². The third kappa shape index (κ3) is 6.58. The highest BCUT2D eigenvalue weighted by Crippen LogP contribution is 2.43. The number of carboxylic acid groups (broad SMARTS) is 1. The van der Waals surface area contributed by atoms with Crippen molar-refractivity contribution in [2.75, 3.05) is 0 Å². The van der Waals surface area contributed by atoms with Crippen molar-refractivity contribution in [2.45, 2.75) is 43.8 Å². The van der Waals surface area contributed by atoms with Crippen molar-refractivity contribution in [1.29, 1.82) is 0 Å². The highest BCUT2D eigenvalue weighted by Gasteiger charge is 2.38. The number of alkyl halides is 3. The second-order valence-corrected chi connectivity index (χ2v) is 11.5. The van der Waals surface area contributed by atoms with E-state index in [1.807, 2.05) is 35.8 Å². The molecule has 3 aromatic carbocycles. The minimum absolute atomic E-state index is 0.0419. The molecule has 1 fully saturated rings. The summed E-state index contributed by atoms with van der Waals surface area (Å²) in [5.41, 5.74) is 5.82. The highest BCUT2D eigenvalue weighted by atomic mass is 35.5. The van der Waals surface area contributed by atoms with Crippen LogP contribution in [0.1, 0.15) is 65.2 Å².